The van der Waals surface area contributed by atoms with Gasteiger partial charge >= 0.3 is 0 Å². The molecular weight excluding hydrogens is 248 g/mol. The van der Waals surface area contributed by atoms with E-state index in [2.05, 4.69) is 5.32 Å². The fourth-order valence-corrected chi connectivity index (χ4v) is 4.00. The normalized spacial score (nSPS) is 19.6. The molecule has 0 bridgehead atoms. The molecule has 18 heavy (non-hydrogen) atoms. The van der Waals surface area contributed by atoms with E-state index in [0.29, 0.717) is 13.1 Å². The Kier molecular flexibility index (Phi) is 4.37. The molecule has 1 N–H and O–H groups in total. The van der Waals surface area contributed by atoms with Crippen LogP contribution in [0, 0.1) is 0 Å². The molecule has 0 aromatic heterocycles. The van der Waals surface area contributed by atoms with Gasteiger partial charge in [0.1, 0.15) is 0 Å². The van der Waals surface area contributed by atoms with Crippen LogP contribution < -0.4 is 5.32 Å². The van der Waals surface area contributed by atoms with E-state index in [1.165, 1.54) is 0 Å². The lowest BCUT2D eigenvalue weighted by Crippen LogP contribution is -2.47. The molecule has 0 aliphatic carbocycles. The molecule has 0 spiro atoms. The third kappa shape index (κ3) is 3.31. The van der Waals surface area contributed by atoms with Crippen LogP contribution in [0.25, 0.3) is 0 Å². The van der Waals surface area contributed by atoms with E-state index in [9.17, 15) is 8.42 Å². The molecule has 1 aromatic rings. The second-order valence-corrected chi connectivity index (χ2v) is 6.75. The fourth-order valence-electron chi connectivity index (χ4n) is 2.22. The van der Waals surface area contributed by atoms with Crippen LogP contribution in [0.15, 0.2) is 30.3 Å². The zero-order valence-corrected chi connectivity index (χ0v) is 11.5. The first-order chi connectivity index (χ1) is 8.59. The second-order valence-electron chi connectivity index (χ2n) is 4.74. The van der Waals surface area contributed by atoms with Gasteiger partial charge in [-0.1, -0.05) is 37.3 Å². The maximum Gasteiger partial charge on any atom is 0.214 e. The van der Waals surface area contributed by atoms with E-state index in [0.717, 1.165) is 18.7 Å². The number of hydrogen-bond donors (Lipinski definition) is 1. The predicted octanol–water partition coefficient (Wildman–Crippen LogP) is 1.03. The molecule has 1 unspecified atom stereocenters. The maximum atomic E-state index is 12.3. The third-order valence-corrected chi connectivity index (χ3v) is 5.37. The molecule has 100 valence electrons. The van der Waals surface area contributed by atoms with Crippen molar-refractivity contribution in [1.82, 2.24) is 9.62 Å². The minimum Gasteiger partial charge on any atom is -0.314 e. The lowest BCUT2D eigenvalue weighted by atomic mass is 10.0. The van der Waals surface area contributed by atoms with Crippen molar-refractivity contribution < 1.29 is 8.42 Å². The van der Waals surface area contributed by atoms with Crippen LogP contribution >= 0.6 is 0 Å². The zero-order valence-electron chi connectivity index (χ0n) is 10.7. The van der Waals surface area contributed by atoms with Crippen molar-refractivity contribution in [3.63, 3.8) is 0 Å². The number of rotatable bonds is 4. The lowest BCUT2D eigenvalue weighted by molar-refractivity contribution is 0.359. The second kappa shape index (κ2) is 5.82. The Bertz CT molecular complexity index is 467. The van der Waals surface area contributed by atoms with Crippen molar-refractivity contribution in [3.8, 4) is 0 Å². The predicted molar refractivity (Wildman–Crippen MR) is 73.1 cm³/mol. The Hall–Kier alpha value is -0.910. The molecule has 1 heterocycles. The van der Waals surface area contributed by atoms with E-state index in [-0.39, 0.29) is 11.7 Å². The summed E-state index contributed by atoms with van der Waals surface area (Å²) < 4.78 is 26.1. The highest BCUT2D eigenvalue weighted by Gasteiger charge is 2.26. The van der Waals surface area contributed by atoms with Gasteiger partial charge in [-0.15, -0.1) is 0 Å². The van der Waals surface area contributed by atoms with Crippen molar-refractivity contribution in [2.45, 2.75) is 12.8 Å². The Morgan fingerprint density at radius 2 is 1.83 bits per heavy atom. The standard InChI is InChI=1S/C13H20N2O2S/c1-12(13-5-3-2-4-6-13)11-18(16,17)15-9-7-14-8-10-15/h2-6,12,14H,7-11H2,1H3. The number of nitrogens with zero attached hydrogens (tertiary/aromatic N) is 1. The summed E-state index contributed by atoms with van der Waals surface area (Å²) >= 11 is 0. The number of sulfonamides is 1. The molecule has 1 fully saturated rings. The van der Waals surface area contributed by atoms with Gasteiger partial charge in [-0.05, 0) is 11.5 Å². The number of benzene rings is 1. The van der Waals surface area contributed by atoms with Crippen LogP contribution in [0.2, 0.25) is 0 Å². The van der Waals surface area contributed by atoms with Gasteiger partial charge in [0.25, 0.3) is 0 Å². The summed E-state index contributed by atoms with van der Waals surface area (Å²) in [6.45, 7) is 4.64. The summed E-state index contributed by atoms with van der Waals surface area (Å²) in [7, 11) is -3.14. The van der Waals surface area contributed by atoms with Crippen LogP contribution in [-0.4, -0.2) is 44.7 Å². The molecule has 1 aliphatic rings. The first-order valence-corrected chi connectivity index (χ1v) is 7.94. The highest BCUT2D eigenvalue weighted by Crippen LogP contribution is 2.18. The van der Waals surface area contributed by atoms with Crippen LogP contribution in [0.4, 0.5) is 0 Å². The van der Waals surface area contributed by atoms with E-state index in [1.54, 1.807) is 4.31 Å². The summed E-state index contributed by atoms with van der Waals surface area (Å²) in [6, 6.07) is 9.81. The van der Waals surface area contributed by atoms with Crippen molar-refractivity contribution in [2.75, 3.05) is 31.9 Å². The van der Waals surface area contributed by atoms with Crippen molar-refractivity contribution in [3.05, 3.63) is 35.9 Å². The quantitative estimate of drug-likeness (QED) is 0.887. The maximum absolute atomic E-state index is 12.3. The van der Waals surface area contributed by atoms with E-state index in [1.807, 2.05) is 37.3 Å². The highest BCUT2D eigenvalue weighted by atomic mass is 32.2. The summed E-state index contributed by atoms with van der Waals surface area (Å²) in [5.74, 6) is 0.225. The number of piperazine rings is 1. The first-order valence-electron chi connectivity index (χ1n) is 6.33. The highest BCUT2D eigenvalue weighted by molar-refractivity contribution is 7.89. The zero-order chi connectivity index (χ0) is 13.0. The fraction of sp³-hybridized carbons (Fsp3) is 0.538. The minimum atomic E-state index is -3.14. The molecule has 1 aromatic carbocycles. The van der Waals surface area contributed by atoms with E-state index >= 15 is 0 Å². The SMILES string of the molecule is CC(CS(=O)(=O)N1CCNCC1)c1ccccc1. The minimum absolute atomic E-state index is 0.0334. The van der Waals surface area contributed by atoms with Crippen LogP contribution in [0.5, 0.6) is 0 Å². The summed E-state index contributed by atoms with van der Waals surface area (Å²) in [4.78, 5) is 0. The lowest BCUT2D eigenvalue weighted by Gasteiger charge is -2.27. The Balaban J connectivity index is 2.03. The molecular formula is C13H20N2O2S. The Morgan fingerprint density at radius 3 is 2.44 bits per heavy atom. The summed E-state index contributed by atoms with van der Waals surface area (Å²) in [5, 5.41) is 3.17. The van der Waals surface area contributed by atoms with Crippen molar-refractivity contribution >= 4 is 10.0 Å². The van der Waals surface area contributed by atoms with E-state index < -0.39 is 10.0 Å². The average molecular weight is 268 g/mol. The van der Waals surface area contributed by atoms with Gasteiger partial charge in [0.15, 0.2) is 0 Å². The van der Waals surface area contributed by atoms with Gasteiger partial charge in [0.05, 0.1) is 5.75 Å². The smallest absolute Gasteiger partial charge is 0.214 e. The van der Waals surface area contributed by atoms with Gasteiger partial charge in [0.2, 0.25) is 10.0 Å². The van der Waals surface area contributed by atoms with Crippen LogP contribution in [0.1, 0.15) is 18.4 Å². The molecule has 5 heteroatoms. The molecule has 4 nitrogen and oxygen atoms in total. The van der Waals surface area contributed by atoms with Gasteiger partial charge in [0, 0.05) is 26.2 Å². The number of nitrogens with one attached hydrogen (secondary N) is 1. The summed E-state index contributed by atoms with van der Waals surface area (Å²) in [6.07, 6.45) is 0. The van der Waals surface area contributed by atoms with Gasteiger partial charge in [-0.25, -0.2) is 8.42 Å². The Labute approximate surface area is 109 Å². The molecule has 1 saturated heterocycles. The molecule has 0 amide bonds. The first kappa shape index (κ1) is 13.5. The Morgan fingerprint density at radius 1 is 1.22 bits per heavy atom. The molecule has 0 saturated carbocycles. The van der Waals surface area contributed by atoms with E-state index in [4.69, 9.17) is 0 Å². The van der Waals surface area contributed by atoms with Crippen molar-refractivity contribution in [1.29, 1.82) is 0 Å². The van der Waals surface area contributed by atoms with Gasteiger partial charge in [-0.2, -0.15) is 4.31 Å². The molecule has 2 rings (SSSR count). The van der Waals surface area contributed by atoms with Crippen molar-refractivity contribution in [2.24, 2.45) is 0 Å². The summed E-state index contributed by atoms with van der Waals surface area (Å²) in [5.41, 5.74) is 1.08. The molecule has 1 atom stereocenters. The van der Waals surface area contributed by atoms with Crippen LogP contribution in [-0.2, 0) is 10.0 Å². The van der Waals surface area contributed by atoms with Crippen LogP contribution in [0.3, 0.4) is 0 Å². The average Bonchev–Trinajstić information content (AvgIpc) is 2.40. The largest absolute Gasteiger partial charge is 0.314 e. The molecule has 1 aliphatic heterocycles. The monoisotopic (exact) mass is 268 g/mol. The van der Waals surface area contributed by atoms with Gasteiger partial charge < -0.3 is 5.32 Å². The topological polar surface area (TPSA) is 49.4 Å². The van der Waals surface area contributed by atoms with Gasteiger partial charge in [-0.3, -0.25) is 0 Å². The third-order valence-electron chi connectivity index (χ3n) is 3.30. The molecule has 0 radical (unpaired) electrons. The number of hydrogen-bond acceptors (Lipinski definition) is 3.